The van der Waals surface area contributed by atoms with Crippen molar-refractivity contribution < 1.29 is 4.42 Å². The van der Waals surface area contributed by atoms with Gasteiger partial charge in [-0.3, -0.25) is 9.98 Å². The Morgan fingerprint density at radius 2 is 1.79 bits per heavy atom. The lowest BCUT2D eigenvalue weighted by Gasteiger charge is -2.31. The molecule has 4 heteroatoms. The molecule has 0 saturated heterocycles. The molecule has 2 atom stereocenters. The van der Waals surface area contributed by atoms with Crippen LogP contribution in [0.3, 0.4) is 0 Å². The number of aliphatic imine (C=N–C) groups is 2. The normalized spacial score (nSPS) is 21.3. The molecule has 2 unspecified atom stereocenters. The molecular weight excluding hydrogens is 418 g/mol. The summed E-state index contributed by atoms with van der Waals surface area (Å²) in [6, 6.07) is 16.6. The first kappa shape index (κ1) is 20.5. The van der Waals surface area contributed by atoms with Gasteiger partial charge in [-0.2, -0.15) is 0 Å². The molecule has 2 aliphatic heterocycles. The van der Waals surface area contributed by atoms with Crippen molar-refractivity contribution in [1.82, 2.24) is 4.98 Å². The van der Waals surface area contributed by atoms with E-state index in [0.717, 1.165) is 63.1 Å². The molecule has 0 radical (unpaired) electrons. The molecule has 2 aromatic carbocycles. The lowest BCUT2D eigenvalue weighted by molar-refractivity contribution is 0.541. The fourth-order valence-corrected chi connectivity index (χ4v) is 5.46. The van der Waals surface area contributed by atoms with Crippen molar-refractivity contribution in [2.75, 3.05) is 0 Å². The Morgan fingerprint density at radius 1 is 0.971 bits per heavy atom. The van der Waals surface area contributed by atoms with Gasteiger partial charge in [0.2, 0.25) is 5.71 Å². The Bertz CT molecular complexity index is 1580. The van der Waals surface area contributed by atoms with Gasteiger partial charge in [0.25, 0.3) is 0 Å². The molecule has 0 bridgehead atoms. The van der Waals surface area contributed by atoms with E-state index in [4.69, 9.17) is 14.4 Å². The quantitative estimate of drug-likeness (QED) is 0.340. The summed E-state index contributed by atoms with van der Waals surface area (Å²) >= 11 is 0. The third-order valence-corrected chi connectivity index (χ3v) is 7.02. The van der Waals surface area contributed by atoms with E-state index in [1.165, 1.54) is 11.1 Å². The first-order chi connectivity index (χ1) is 16.6. The standard InChI is InChI=1S/C30H25N3O/c1-5-25-21-15-16-27-28(24-12-11-17(3)31-30(24)34-27)22(21)13-14-23-19-9-7-8-10-20(19)26(6-2)33-29(23)18(4)32-25/h5-12,15-16,23,29H,1-2,4,13-14H2,3H3/b32-25-. The highest BCUT2D eigenvalue weighted by molar-refractivity contribution is 6.16. The van der Waals surface area contributed by atoms with Gasteiger partial charge in [-0.05, 0) is 67.3 Å². The van der Waals surface area contributed by atoms with Gasteiger partial charge < -0.3 is 4.42 Å². The molecule has 4 heterocycles. The first-order valence-electron chi connectivity index (χ1n) is 11.6. The molecule has 0 amide bonds. The maximum atomic E-state index is 6.16. The first-order valence-corrected chi connectivity index (χ1v) is 11.6. The van der Waals surface area contributed by atoms with Crippen molar-refractivity contribution in [1.29, 1.82) is 0 Å². The van der Waals surface area contributed by atoms with Crippen molar-refractivity contribution in [3.8, 4) is 0 Å². The van der Waals surface area contributed by atoms with Crippen molar-refractivity contribution in [3.63, 3.8) is 0 Å². The number of furan rings is 1. The second-order valence-electron chi connectivity index (χ2n) is 8.96. The number of fused-ring (bicyclic) bond motifs is 8. The number of rotatable bonds is 2. The highest BCUT2D eigenvalue weighted by Crippen LogP contribution is 2.41. The zero-order valence-electron chi connectivity index (χ0n) is 19.2. The summed E-state index contributed by atoms with van der Waals surface area (Å²) in [5.41, 5.74) is 9.61. The molecule has 0 N–H and O–H groups in total. The lowest BCUT2D eigenvalue weighted by atomic mass is 9.79. The van der Waals surface area contributed by atoms with E-state index in [0.29, 0.717) is 5.71 Å². The zero-order valence-corrected chi connectivity index (χ0v) is 19.2. The number of allylic oxidation sites excluding steroid dienone is 2. The van der Waals surface area contributed by atoms with Crippen LogP contribution in [0.25, 0.3) is 22.1 Å². The van der Waals surface area contributed by atoms with Gasteiger partial charge in [-0.1, -0.05) is 44.0 Å². The number of nitrogens with zero attached hydrogens (tertiary/aromatic N) is 3. The van der Waals surface area contributed by atoms with Crippen molar-refractivity contribution in [2.45, 2.75) is 31.7 Å². The second kappa shape index (κ2) is 7.77. The van der Waals surface area contributed by atoms with E-state index in [-0.39, 0.29) is 12.0 Å². The average molecular weight is 444 g/mol. The summed E-state index contributed by atoms with van der Waals surface area (Å²) in [7, 11) is 0. The van der Waals surface area contributed by atoms with Gasteiger partial charge in [-0.25, -0.2) is 4.98 Å². The predicted octanol–water partition coefficient (Wildman–Crippen LogP) is 6.87. The number of hydrogen-bond acceptors (Lipinski definition) is 4. The van der Waals surface area contributed by atoms with Gasteiger partial charge in [0, 0.05) is 33.5 Å². The van der Waals surface area contributed by atoms with Gasteiger partial charge >= 0.3 is 0 Å². The van der Waals surface area contributed by atoms with Gasteiger partial charge in [-0.15, -0.1) is 0 Å². The summed E-state index contributed by atoms with van der Waals surface area (Å²) in [6.45, 7) is 14.4. The highest BCUT2D eigenvalue weighted by Gasteiger charge is 2.33. The Labute approximate surface area is 198 Å². The van der Waals surface area contributed by atoms with Crippen molar-refractivity contribution in [2.24, 2.45) is 9.98 Å². The Kier molecular flexibility index (Phi) is 4.70. The monoisotopic (exact) mass is 443 g/mol. The van der Waals surface area contributed by atoms with Gasteiger partial charge in [0.15, 0.2) is 0 Å². The Morgan fingerprint density at radius 3 is 2.62 bits per heavy atom. The third-order valence-electron chi connectivity index (χ3n) is 7.02. The summed E-state index contributed by atoms with van der Waals surface area (Å²) in [5.74, 6) is 0.168. The maximum absolute atomic E-state index is 6.16. The molecule has 166 valence electrons. The number of benzene rings is 2. The van der Waals surface area contributed by atoms with Crippen LogP contribution in [0.2, 0.25) is 0 Å². The van der Waals surface area contributed by atoms with Crippen LogP contribution in [0.4, 0.5) is 0 Å². The lowest BCUT2D eigenvalue weighted by Crippen LogP contribution is -2.27. The summed E-state index contributed by atoms with van der Waals surface area (Å²) < 4.78 is 6.16. The Balaban J connectivity index is 1.60. The largest absolute Gasteiger partial charge is 0.438 e. The molecule has 4 nitrogen and oxygen atoms in total. The topological polar surface area (TPSA) is 50.8 Å². The minimum atomic E-state index is -0.145. The number of aryl methyl sites for hydroxylation is 2. The molecular formula is C30H25N3O. The van der Waals surface area contributed by atoms with E-state index in [2.05, 4.69) is 61.1 Å². The third kappa shape index (κ3) is 3.02. The fraction of sp³-hybridized carbons (Fsp3) is 0.167. The van der Waals surface area contributed by atoms with Crippen LogP contribution in [-0.2, 0) is 6.42 Å². The van der Waals surface area contributed by atoms with Crippen LogP contribution < -0.4 is 0 Å². The van der Waals surface area contributed by atoms with E-state index in [1.807, 2.05) is 31.2 Å². The SMILES string of the molecule is C=CC1=NC2C(=C)/N=C(/C=C)c3ccc4oc5nc(C)ccc5c4c3CCC2c2ccccc21. The van der Waals surface area contributed by atoms with Gasteiger partial charge in [0.05, 0.1) is 23.2 Å². The Hall–Kier alpha value is -4.05. The predicted molar refractivity (Wildman–Crippen MR) is 140 cm³/mol. The van der Waals surface area contributed by atoms with E-state index in [9.17, 15) is 0 Å². The molecule has 2 aromatic heterocycles. The highest BCUT2D eigenvalue weighted by atomic mass is 16.3. The van der Waals surface area contributed by atoms with Crippen LogP contribution in [-0.4, -0.2) is 22.4 Å². The van der Waals surface area contributed by atoms with E-state index in [1.54, 1.807) is 0 Å². The van der Waals surface area contributed by atoms with Gasteiger partial charge in [0.1, 0.15) is 5.58 Å². The molecule has 0 spiro atoms. The van der Waals surface area contributed by atoms with E-state index >= 15 is 0 Å². The van der Waals surface area contributed by atoms with Crippen LogP contribution in [0.5, 0.6) is 0 Å². The van der Waals surface area contributed by atoms with Crippen LogP contribution in [0, 0.1) is 6.92 Å². The van der Waals surface area contributed by atoms with Crippen LogP contribution in [0.1, 0.15) is 40.3 Å². The molecule has 6 rings (SSSR count). The van der Waals surface area contributed by atoms with Crippen molar-refractivity contribution in [3.05, 3.63) is 114 Å². The van der Waals surface area contributed by atoms with Crippen LogP contribution in [0.15, 0.2) is 101 Å². The summed E-state index contributed by atoms with van der Waals surface area (Å²) in [5, 5.41) is 2.14. The summed E-state index contributed by atoms with van der Waals surface area (Å²) in [6.07, 6.45) is 5.41. The van der Waals surface area contributed by atoms with Crippen molar-refractivity contribution >= 4 is 33.5 Å². The summed E-state index contributed by atoms with van der Waals surface area (Å²) in [4.78, 5) is 14.7. The van der Waals surface area contributed by atoms with Crippen LogP contribution >= 0.6 is 0 Å². The fourth-order valence-electron chi connectivity index (χ4n) is 5.46. The minimum Gasteiger partial charge on any atom is -0.438 e. The maximum Gasteiger partial charge on any atom is 0.227 e. The minimum absolute atomic E-state index is 0.145. The molecule has 0 fully saturated rings. The average Bonchev–Trinajstić information content (AvgIpc) is 3.24. The molecule has 34 heavy (non-hydrogen) atoms. The zero-order chi connectivity index (χ0) is 23.4. The molecule has 0 saturated carbocycles. The number of pyridine rings is 1. The molecule has 4 aromatic rings. The smallest absolute Gasteiger partial charge is 0.227 e. The molecule has 2 aliphatic rings. The molecule has 0 aliphatic carbocycles. The number of hydrogen-bond donors (Lipinski definition) is 0. The second-order valence-corrected chi connectivity index (χ2v) is 8.96. The number of aromatic nitrogens is 1. The van der Waals surface area contributed by atoms with E-state index < -0.39 is 0 Å².